The van der Waals surface area contributed by atoms with Crippen LogP contribution in [-0.4, -0.2) is 48.1 Å². The highest BCUT2D eigenvalue weighted by molar-refractivity contribution is 7.80. The fourth-order valence-electron chi connectivity index (χ4n) is 2.15. The molecule has 0 aromatic heterocycles. The number of esters is 1. The van der Waals surface area contributed by atoms with Gasteiger partial charge in [-0.05, 0) is 24.4 Å². The summed E-state index contributed by atoms with van der Waals surface area (Å²) < 4.78 is 18.3. The number of carbonyl (C=O) groups is 2. The molecule has 2 N–H and O–H groups in total. The maximum Gasteiger partial charge on any atom is 0.308 e. The van der Waals surface area contributed by atoms with Gasteiger partial charge in [0.2, 0.25) is 5.91 Å². The summed E-state index contributed by atoms with van der Waals surface area (Å²) >= 11 is 5.25. The Hall–Kier alpha value is -2.22. The molecule has 0 spiro atoms. The van der Waals surface area contributed by atoms with Gasteiger partial charge in [-0.15, -0.1) is 0 Å². The Morgan fingerprint density at radius 2 is 2.27 bits per heavy atom. The van der Waals surface area contributed by atoms with Gasteiger partial charge in [0.15, 0.2) is 5.11 Å². The van der Waals surface area contributed by atoms with Crippen LogP contribution in [0, 0.1) is 5.82 Å². The number of nitrogens with zero attached hydrogens (tertiary/aromatic N) is 1. The Kier molecular flexibility index (Phi) is 5.26. The van der Waals surface area contributed by atoms with Crippen molar-refractivity contribution in [3.05, 3.63) is 30.1 Å². The molecule has 22 heavy (non-hydrogen) atoms. The van der Waals surface area contributed by atoms with Crippen molar-refractivity contribution < 1.29 is 18.7 Å². The lowest BCUT2D eigenvalue weighted by molar-refractivity contribution is -0.144. The first-order valence-corrected chi connectivity index (χ1v) is 7.10. The first-order chi connectivity index (χ1) is 10.5. The molecule has 1 heterocycles. The summed E-state index contributed by atoms with van der Waals surface area (Å²) in [5.74, 6) is -1.27. The van der Waals surface area contributed by atoms with Crippen molar-refractivity contribution in [2.45, 2.75) is 12.5 Å². The molecule has 1 amide bonds. The summed E-state index contributed by atoms with van der Waals surface area (Å²) in [5.41, 5.74) is 0.218. The van der Waals surface area contributed by atoms with Crippen molar-refractivity contribution in [2.75, 3.05) is 25.5 Å². The topological polar surface area (TPSA) is 70.7 Å². The third kappa shape index (κ3) is 3.70. The zero-order chi connectivity index (χ0) is 16.1. The molecule has 1 aromatic rings. The minimum atomic E-state index is -0.770. The van der Waals surface area contributed by atoms with E-state index in [-0.39, 0.29) is 23.1 Å². The fourth-order valence-corrected chi connectivity index (χ4v) is 2.48. The van der Waals surface area contributed by atoms with Gasteiger partial charge in [-0.1, -0.05) is 12.1 Å². The minimum Gasteiger partial charge on any atom is -0.469 e. The number of carbonyl (C=O) groups excluding carboxylic acids is 2. The van der Waals surface area contributed by atoms with Crippen molar-refractivity contribution in [3.8, 4) is 0 Å². The second-order valence-corrected chi connectivity index (χ2v) is 5.08. The number of nitrogens with one attached hydrogen (secondary N) is 2. The molecule has 1 unspecified atom stereocenters. The lowest BCUT2D eigenvalue weighted by atomic mass is 10.1. The highest BCUT2D eigenvalue weighted by atomic mass is 32.1. The lowest BCUT2D eigenvalue weighted by Crippen LogP contribution is -2.58. The molecule has 1 fully saturated rings. The molecule has 6 nitrogen and oxygen atoms in total. The molecule has 0 bridgehead atoms. The Bertz CT molecular complexity index is 596. The van der Waals surface area contributed by atoms with E-state index in [9.17, 15) is 14.0 Å². The molecular formula is C14H16FN3O3S. The SMILES string of the molecule is COC(=O)CC1C(=O)NCCN1C(=S)Nc1ccccc1F. The summed E-state index contributed by atoms with van der Waals surface area (Å²) in [5, 5.41) is 5.63. The van der Waals surface area contributed by atoms with Crippen molar-refractivity contribution in [1.82, 2.24) is 10.2 Å². The van der Waals surface area contributed by atoms with Crippen LogP contribution < -0.4 is 10.6 Å². The van der Waals surface area contributed by atoms with E-state index in [1.165, 1.54) is 13.2 Å². The number of benzene rings is 1. The lowest BCUT2D eigenvalue weighted by Gasteiger charge is -2.36. The maximum atomic E-state index is 13.7. The van der Waals surface area contributed by atoms with Crippen LogP contribution in [0.25, 0.3) is 0 Å². The van der Waals surface area contributed by atoms with E-state index in [1.54, 1.807) is 23.1 Å². The number of para-hydroxylation sites is 1. The van der Waals surface area contributed by atoms with Gasteiger partial charge in [0.1, 0.15) is 11.9 Å². The number of halogens is 1. The van der Waals surface area contributed by atoms with Gasteiger partial charge in [-0.25, -0.2) is 4.39 Å². The monoisotopic (exact) mass is 325 g/mol. The van der Waals surface area contributed by atoms with Gasteiger partial charge in [0, 0.05) is 13.1 Å². The number of anilines is 1. The third-order valence-corrected chi connectivity index (χ3v) is 3.63. The number of thiocarbonyl (C=S) groups is 1. The summed E-state index contributed by atoms with van der Waals surface area (Å²) in [6.07, 6.45) is -0.124. The second-order valence-electron chi connectivity index (χ2n) is 4.69. The van der Waals surface area contributed by atoms with Crippen LogP contribution in [0.2, 0.25) is 0 Å². The van der Waals surface area contributed by atoms with Crippen molar-refractivity contribution in [1.29, 1.82) is 0 Å². The van der Waals surface area contributed by atoms with Crippen molar-refractivity contribution in [2.24, 2.45) is 0 Å². The number of amides is 1. The molecule has 0 radical (unpaired) electrons. The predicted octanol–water partition coefficient (Wildman–Crippen LogP) is 0.886. The minimum absolute atomic E-state index is 0.124. The van der Waals surface area contributed by atoms with E-state index in [0.29, 0.717) is 13.1 Å². The van der Waals surface area contributed by atoms with Gasteiger partial charge < -0.3 is 20.3 Å². The second kappa shape index (κ2) is 7.17. The highest BCUT2D eigenvalue weighted by Crippen LogP contribution is 2.16. The van der Waals surface area contributed by atoms with Crippen LogP contribution >= 0.6 is 12.2 Å². The first kappa shape index (κ1) is 16.2. The first-order valence-electron chi connectivity index (χ1n) is 6.69. The smallest absolute Gasteiger partial charge is 0.308 e. The quantitative estimate of drug-likeness (QED) is 0.635. The number of ether oxygens (including phenoxy) is 1. The Morgan fingerprint density at radius 1 is 1.55 bits per heavy atom. The molecule has 1 aromatic carbocycles. The summed E-state index contributed by atoms with van der Waals surface area (Å²) in [6, 6.07) is 5.31. The Balaban J connectivity index is 2.13. The van der Waals surface area contributed by atoms with Crippen molar-refractivity contribution in [3.63, 3.8) is 0 Å². The molecule has 0 saturated carbocycles. The number of methoxy groups -OCH3 is 1. The van der Waals surface area contributed by atoms with E-state index in [2.05, 4.69) is 15.4 Å². The number of hydrogen-bond acceptors (Lipinski definition) is 4. The van der Waals surface area contributed by atoms with Crippen LogP contribution in [0.3, 0.4) is 0 Å². The Morgan fingerprint density at radius 3 is 2.95 bits per heavy atom. The summed E-state index contributed by atoms with van der Waals surface area (Å²) in [4.78, 5) is 25.0. The van der Waals surface area contributed by atoms with Crippen LogP contribution in [-0.2, 0) is 14.3 Å². The maximum absolute atomic E-state index is 13.7. The van der Waals surface area contributed by atoms with E-state index in [0.717, 1.165) is 0 Å². The molecule has 1 aliphatic rings. The van der Waals surface area contributed by atoms with Gasteiger partial charge >= 0.3 is 5.97 Å². The van der Waals surface area contributed by atoms with E-state index in [4.69, 9.17) is 12.2 Å². The van der Waals surface area contributed by atoms with E-state index in [1.807, 2.05) is 0 Å². The molecule has 1 atom stereocenters. The fraction of sp³-hybridized carbons (Fsp3) is 0.357. The molecule has 8 heteroatoms. The van der Waals surface area contributed by atoms with Crippen LogP contribution in [0.1, 0.15) is 6.42 Å². The predicted molar refractivity (Wildman–Crippen MR) is 82.8 cm³/mol. The molecule has 118 valence electrons. The largest absolute Gasteiger partial charge is 0.469 e. The number of piperazine rings is 1. The van der Waals surface area contributed by atoms with E-state index < -0.39 is 17.8 Å². The Labute approximate surface area is 132 Å². The zero-order valence-electron chi connectivity index (χ0n) is 12.0. The van der Waals surface area contributed by atoms with Crippen LogP contribution in [0.15, 0.2) is 24.3 Å². The summed E-state index contributed by atoms with van der Waals surface area (Å²) in [6.45, 7) is 0.823. The van der Waals surface area contributed by atoms with Gasteiger partial charge in [0.05, 0.1) is 19.2 Å². The van der Waals surface area contributed by atoms with Crippen LogP contribution in [0.4, 0.5) is 10.1 Å². The van der Waals surface area contributed by atoms with E-state index >= 15 is 0 Å². The zero-order valence-corrected chi connectivity index (χ0v) is 12.8. The third-order valence-electron chi connectivity index (χ3n) is 3.29. The normalized spacial score (nSPS) is 17.6. The molecule has 2 rings (SSSR count). The molecular weight excluding hydrogens is 309 g/mol. The standard InChI is InChI=1S/C14H16FN3O3S/c1-21-12(19)8-11-13(20)16-6-7-18(11)14(22)17-10-5-3-2-4-9(10)15/h2-5,11H,6-8H2,1H3,(H,16,20)(H,17,22). The molecule has 1 saturated heterocycles. The average Bonchev–Trinajstić information content (AvgIpc) is 2.51. The highest BCUT2D eigenvalue weighted by Gasteiger charge is 2.33. The number of hydrogen-bond donors (Lipinski definition) is 2. The molecule has 0 aliphatic carbocycles. The van der Waals surface area contributed by atoms with Crippen molar-refractivity contribution >= 4 is 34.9 Å². The van der Waals surface area contributed by atoms with Gasteiger partial charge in [-0.2, -0.15) is 0 Å². The molecule has 1 aliphatic heterocycles. The summed E-state index contributed by atoms with van der Waals surface area (Å²) in [7, 11) is 1.25. The number of rotatable bonds is 3. The van der Waals surface area contributed by atoms with Crippen LogP contribution in [0.5, 0.6) is 0 Å². The van der Waals surface area contributed by atoms with Gasteiger partial charge in [-0.3, -0.25) is 9.59 Å². The average molecular weight is 325 g/mol. The van der Waals surface area contributed by atoms with Gasteiger partial charge in [0.25, 0.3) is 0 Å².